The molecule has 6 nitrogen and oxygen atoms in total. The number of hydrogen-bond donors (Lipinski definition) is 1. The van der Waals surface area contributed by atoms with Crippen molar-refractivity contribution in [3.05, 3.63) is 53.8 Å². The maximum atomic E-state index is 12.8. The first-order valence-electron chi connectivity index (χ1n) is 10.2. The van der Waals surface area contributed by atoms with Crippen LogP contribution in [0.15, 0.2) is 46.9 Å². The van der Waals surface area contributed by atoms with Gasteiger partial charge in [0.05, 0.1) is 21.3 Å². The molecule has 1 N–H and O–H groups in total. The number of nitrogens with one attached hydrogen (secondary N) is 1. The molecule has 0 atom stereocenters. The van der Waals surface area contributed by atoms with Crippen LogP contribution >= 0.6 is 0 Å². The van der Waals surface area contributed by atoms with Crippen molar-refractivity contribution < 1.29 is 23.4 Å². The fourth-order valence-corrected chi connectivity index (χ4v) is 4.44. The van der Waals surface area contributed by atoms with E-state index in [0.717, 1.165) is 36.6 Å². The van der Waals surface area contributed by atoms with E-state index in [2.05, 4.69) is 5.32 Å². The summed E-state index contributed by atoms with van der Waals surface area (Å²) in [4.78, 5) is 12.8. The van der Waals surface area contributed by atoms with Gasteiger partial charge < -0.3 is 23.9 Å². The van der Waals surface area contributed by atoms with Crippen molar-refractivity contribution in [1.82, 2.24) is 5.32 Å². The van der Waals surface area contributed by atoms with Gasteiger partial charge in [0.15, 0.2) is 17.3 Å². The van der Waals surface area contributed by atoms with Crippen LogP contribution in [0.2, 0.25) is 0 Å². The van der Waals surface area contributed by atoms with E-state index < -0.39 is 0 Å². The van der Waals surface area contributed by atoms with Crippen molar-refractivity contribution in [2.45, 2.75) is 31.1 Å². The minimum atomic E-state index is -0.204. The lowest BCUT2D eigenvalue weighted by atomic mass is 9.78. The summed E-state index contributed by atoms with van der Waals surface area (Å²) >= 11 is 0. The first-order valence-corrected chi connectivity index (χ1v) is 10.2. The molecule has 1 aromatic heterocycles. The van der Waals surface area contributed by atoms with Gasteiger partial charge in [0.25, 0.3) is 5.91 Å². The Bertz CT molecular complexity index is 991. The van der Waals surface area contributed by atoms with Crippen LogP contribution in [0.3, 0.4) is 0 Å². The number of ether oxygens (including phenoxy) is 3. The minimum Gasteiger partial charge on any atom is -0.493 e. The van der Waals surface area contributed by atoms with Crippen LogP contribution in [0.1, 0.15) is 41.8 Å². The van der Waals surface area contributed by atoms with Gasteiger partial charge in [-0.05, 0) is 42.7 Å². The topological polar surface area (TPSA) is 69.9 Å². The number of carbonyl (C=O) groups excluding carboxylic acids is 1. The highest BCUT2D eigenvalue weighted by atomic mass is 16.5. The molecular formula is C24H27NO5. The lowest BCUT2D eigenvalue weighted by Crippen LogP contribution is -2.39. The molecule has 3 aromatic rings. The molecule has 158 valence electrons. The highest BCUT2D eigenvalue weighted by molar-refractivity contribution is 5.96. The van der Waals surface area contributed by atoms with Gasteiger partial charge in [-0.2, -0.15) is 0 Å². The molecule has 0 radical (unpaired) electrons. The minimum absolute atomic E-state index is 0.186. The summed E-state index contributed by atoms with van der Waals surface area (Å²) in [6.07, 6.45) is 4.17. The Kier molecular flexibility index (Phi) is 5.57. The lowest BCUT2D eigenvalue weighted by molar-refractivity contribution is 0.0917. The number of amides is 1. The molecular weight excluding hydrogens is 382 g/mol. The Balaban J connectivity index is 1.61. The number of fused-ring (bicyclic) bond motifs is 1. The summed E-state index contributed by atoms with van der Waals surface area (Å²) in [5.41, 5.74) is 1.61. The van der Waals surface area contributed by atoms with Gasteiger partial charge in [0, 0.05) is 17.3 Å². The Hall–Kier alpha value is -3.15. The van der Waals surface area contributed by atoms with E-state index >= 15 is 0 Å². The molecule has 4 rings (SSSR count). The number of hydrogen-bond acceptors (Lipinski definition) is 5. The predicted octanol–water partition coefficient (Wildman–Crippen LogP) is 4.70. The maximum Gasteiger partial charge on any atom is 0.287 e. The third kappa shape index (κ3) is 3.58. The summed E-state index contributed by atoms with van der Waals surface area (Å²) in [6, 6.07) is 13.4. The molecule has 1 heterocycles. The van der Waals surface area contributed by atoms with Gasteiger partial charge in [-0.15, -0.1) is 0 Å². The number of para-hydroxylation sites is 1. The number of methoxy groups -OCH3 is 3. The van der Waals surface area contributed by atoms with Crippen molar-refractivity contribution in [3.63, 3.8) is 0 Å². The summed E-state index contributed by atoms with van der Waals surface area (Å²) in [6.45, 7) is 0.515. The van der Waals surface area contributed by atoms with E-state index in [1.165, 1.54) is 0 Å². The highest BCUT2D eigenvalue weighted by Crippen LogP contribution is 2.47. The molecule has 0 bridgehead atoms. The average molecular weight is 409 g/mol. The Morgan fingerprint density at radius 3 is 2.27 bits per heavy atom. The van der Waals surface area contributed by atoms with E-state index in [1.54, 1.807) is 27.4 Å². The molecule has 0 unspecified atom stereocenters. The summed E-state index contributed by atoms with van der Waals surface area (Å²) in [5.74, 6) is 1.95. The SMILES string of the molecule is COc1cc(C2(CNC(=O)c3cc4ccccc4o3)CCCC2)cc(OC)c1OC. The molecule has 1 aliphatic carbocycles. The van der Waals surface area contributed by atoms with Crippen LogP contribution in [0.5, 0.6) is 17.2 Å². The zero-order valence-electron chi connectivity index (χ0n) is 17.6. The third-order valence-electron chi connectivity index (χ3n) is 6.07. The Morgan fingerprint density at radius 2 is 1.67 bits per heavy atom. The van der Waals surface area contributed by atoms with Gasteiger partial charge in [0.2, 0.25) is 5.75 Å². The van der Waals surface area contributed by atoms with Crippen molar-refractivity contribution in [2.75, 3.05) is 27.9 Å². The van der Waals surface area contributed by atoms with Crippen LogP contribution in [0, 0.1) is 0 Å². The first kappa shape index (κ1) is 20.1. The zero-order chi connectivity index (χ0) is 21.1. The highest BCUT2D eigenvalue weighted by Gasteiger charge is 2.37. The first-order chi connectivity index (χ1) is 14.6. The normalized spacial score (nSPS) is 15.2. The van der Waals surface area contributed by atoms with Crippen LogP contribution in [0.4, 0.5) is 0 Å². The van der Waals surface area contributed by atoms with Crippen LogP contribution in [0.25, 0.3) is 11.0 Å². The van der Waals surface area contributed by atoms with Crippen molar-refractivity contribution in [3.8, 4) is 17.2 Å². The van der Waals surface area contributed by atoms with E-state index in [0.29, 0.717) is 35.1 Å². The number of furan rings is 1. The van der Waals surface area contributed by atoms with Gasteiger partial charge >= 0.3 is 0 Å². The molecule has 0 saturated heterocycles. The van der Waals surface area contributed by atoms with Crippen LogP contribution in [-0.4, -0.2) is 33.8 Å². The molecule has 6 heteroatoms. The standard InChI is InChI=1S/C24H27NO5/c1-27-19-13-17(14-20(28-2)22(19)29-3)24(10-6-7-11-24)15-25-23(26)21-12-16-8-4-5-9-18(16)30-21/h4-5,8-9,12-14H,6-7,10-11,15H2,1-3H3,(H,25,26). The van der Waals surface area contributed by atoms with Crippen molar-refractivity contribution in [2.24, 2.45) is 0 Å². The summed E-state index contributed by atoms with van der Waals surface area (Å²) < 4.78 is 22.3. The molecule has 0 aliphatic heterocycles. The third-order valence-corrected chi connectivity index (χ3v) is 6.07. The smallest absolute Gasteiger partial charge is 0.287 e. The predicted molar refractivity (Wildman–Crippen MR) is 115 cm³/mol. The molecule has 2 aromatic carbocycles. The molecule has 0 spiro atoms. The second-order valence-electron chi connectivity index (χ2n) is 7.73. The van der Waals surface area contributed by atoms with E-state index in [-0.39, 0.29) is 11.3 Å². The van der Waals surface area contributed by atoms with Crippen molar-refractivity contribution >= 4 is 16.9 Å². The van der Waals surface area contributed by atoms with E-state index in [9.17, 15) is 4.79 Å². The fraction of sp³-hybridized carbons (Fsp3) is 0.375. The van der Waals surface area contributed by atoms with Crippen LogP contribution < -0.4 is 19.5 Å². The molecule has 1 amide bonds. The second-order valence-corrected chi connectivity index (χ2v) is 7.73. The summed E-state index contributed by atoms with van der Waals surface area (Å²) in [5, 5.41) is 4.02. The van der Waals surface area contributed by atoms with E-state index in [1.807, 2.05) is 36.4 Å². The summed E-state index contributed by atoms with van der Waals surface area (Å²) in [7, 11) is 4.83. The fourth-order valence-electron chi connectivity index (χ4n) is 4.44. The van der Waals surface area contributed by atoms with Gasteiger partial charge in [-0.3, -0.25) is 4.79 Å². The number of benzene rings is 2. The molecule has 1 fully saturated rings. The largest absolute Gasteiger partial charge is 0.493 e. The quantitative estimate of drug-likeness (QED) is 0.612. The molecule has 1 aliphatic rings. The van der Waals surface area contributed by atoms with Gasteiger partial charge in [-0.1, -0.05) is 31.0 Å². The van der Waals surface area contributed by atoms with E-state index in [4.69, 9.17) is 18.6 Å². The maximum absolute atomic E-state index is 12.8. The Labute approximate surface area is 176 Å². The van der Waals surface area contributed by atoms with Crippen molar-refractivity contribution in [1.29, 1.82) is 0 Å². The number of carbonyl (C=O) groups is 1. The second kappa shape index (κ2) is 8.30. The van der Waals surface area contributed by atoms with Crippen LogP contribution in [-0.2, 0) is 5.41 Å². The van der Waals surface area contributed by atoms with Gasteiger partial charge in [-0.25, -0.2) is 0 Å². The monoisotopic (exact) mass is 409 g/mol. The molecule has 30 heavy (non-hydrogen) atoms. The Morgan fingerprint density at radius 1 is 1.00 bits per heavy atom. The van der Waals surface area contributed by atoms with Gasteiger partial charge in [0.1, 0.15) is 5.58 Å². The lowest BCUT2D eigenvalue weighted by Gasteiger charge is -2.31. The molecule has 1 saturated carbocycles. The number of rotatable bonds is 7. The average Bonchev–Trinajstić information content (AvgIpc) is 3.44. The zero-order valence-corrected chi connectivity index (χ0v) is 17.6.